The van der Waals surface area contributed by atoms with Crippen molar-refractivity contribution in [3.8, 4) is 0 Å². The second kappa shape index (κ2) is 6.69. The van der Waals surface area contributed by atoms with Gasteiger partial charge in [-0.3, -0.25) is 0 Å². The normalized spacial score (nSPS) is 23.3. The molecular weight excluding hydrogens is 288 g/mol. The average molecular weight is 319 g/mol. The van der Waals surface area contributed by atoms with Crippen LogP contribution in [0, 0.1) is 0 Å². The lowest BCUT2D eigenvalue weighted by Gasteiger charge is -2.38. The van der Waals surface area contributed by atoms with Crippen molar-refractivity contribution in [2.75, 3.05) is 6.61 Å². The van der Waals surface area contributed by atoms with Crippen molar-refractivity contribution in [1.82, 2.24) is 0 Å². The van der Waals surface area contributed by atoms with Gasteiger partial charge in [-0.05, 0) is 37.0 Å². The smallest absolute Gasteiger partial charge is 0.192 e. The predicted molar refractivity (Wildman–Crippen MR) is 95.6 cm³/mol. The average Bonchev–Trinajstić information content (AvgIpc) is 2.44. The third kappa shape index (κ3) is 4.31. The maximum Gasteiger partial charge on any atom is 0.192 e. The van der Waals surface area contributed by atoms with E-state index in [4.69, 9.17) is 9.16 Å². The summed E-state index contributed by atoms with van der Waals surface area (Å²) >= 11 is 0. The lowest BCUT2D eigenvalue weighted by atomic mass is 9.98. The fourth-order valence-electron chi connectivity index (χ4n) is 2.43. The van der Waals surface area contributed by atoms with E-state index < -0.39 is 8.32 Å². The first-order valence-electron chi connectivity index (χ1n) is 8.21. The maximum absolute atomic E-state index is 6.34. The quantitative estimate of drug-likeness (QED) is 0.540. The molecule has 1 aromatic carbocycles. The minimum atomic E-state index is -1.72. The third-order valence-electron chi connectivity index (χ3n) is 4.90. The van der Waals surface area contributed by atoms with Gasteiger partial charge in [0.05, 0.1) is 18.8 Å². The standard InChI is InChI=1S/C19H30O2Si/c1-15-12-17(14-20-22(5,6)19(2,3)4)21-18(13-15)16-10-8-7-9-11-16/h7-12,17-18H,13-14H2,1-6H3/t17-,18+/m1/s1. The lowest BCUT2D eigenvalue weighted by molar-refractivity contribution is -0.0218. The molecule has 1 heterocycles. The first kappa shape index (κ1) is 17.5. The number of hydrogen-bond donors (Lipinski definition) is 0. The van der Waals surface area contributed by atoms with Crippen molar-refractivity contribution in [3.63, 3.8) is 0 Å². The van der Waals surface area contributed by atoms with Gasteiger partial charge in [-0.25, -0.2) is 0 Å². The Labute approximate surface area is 136 Å². The summed E-state index contributed by atoms with van der Waals surface area (Å²) in [6.07, 6.45) is 3.42. The number of ether oxygens (including phenoxy) is 1. The van der Waals surface area contributed by atoms with E-state index in [0.717, 1.165) is 6.42 Å². The van der Waals surface area contributed by atoms with Crippen LogP contribution in [0.3, 0.4) is 0 Å². The van der Waals surface area contributed by atoms with Gasteiger partial charge in [-0.2, -0.15) is 0 Å². The molecule has 2 rings (SSSR count). The highest BCUT2D eigenvalue weighted by molar-refractivity contribution is 6.74. The van der Waals surface area contributed by atoms with Crippen LogP contribution in [0.1, 0.15) is 45.8 Å². The minimum Gasteiger partial charge on any atom is -0.414 e. The van der Waals surface area contributed by atoms with Crippen LogP contribution in [0.25, 0.3) is 0 Å². The molecule has 2 nitrogen and oxygen atoms in total. The van der Waals surface area contributed by atoms with E-state index in [1.165, 1.54) is 11.1 Å². The zero-order valence-electron chi connectivity index (χ0n) is 14.8. The molecule has 0 saturated carbocycles. The topological polar surface area (TPSA) is 18.5 Å². The summed E-state index contributed by atoms with van der Waals surface area (Å²) in [7, 11) is -1.72. The molecule has 1 aliphatic heterocycles. The summed E-state index contributed by atoms with van der Waals surface area (Å²) in [6.45, 7) is 14.3. The molecule has 0 saturated heterocycles. The summed E-state index contributed by atoms with van der Waals surface area (Å²) < 4.78 is 12.6. The zero-order chi connectivity index (χ0) is 16.4. The van der Waals surface area contributed by atoms with E-state index >= 15 is 0 Å². The molecular formula is C19H30O2Si. The van der Waals surface area contributed by atoms with Gasteiger partial charge in [-0.1, -0.05) is 62.8 Å². The highest BCUT2D eigenvalue weighted by Gasteiger charge is 2.38. The van der Waals surface area contributed by atoms with Gasteiger partial charge in [0.1, 0.15) is 0 Å². The van der Waals surface area contributed by atoms with Gasteiger partial charge in [-0.15, -0.1) is 0 Å². The molecule has 0 bridgehead atoms. The van der Waals surface area contributed by atoms with E-state index in [1.807, 2.05) is 6.07 Å². The van der Waals surface area contributed by atoms with Crippen LogP contribution in [0.5, 0.6) is 0 Å². The van der Waals surface area contributed by atoms with Crippen molar-refractivity contribution in [3.05, 3.63) is 47.5 Å². The van der Waals surface area contributed by atoms with Crippen LogP contribution in [0.2, 0.25) is 18.1 Å². The van der Waals surface area contributed by atoms with Gasteiger partial charge in [0, 0.05) is 0 Å². The largest absolute Gasteiger partial charge is 0.414 e. The maximum atomic E-state index is 6.34. The third-order valence-corrected chi connectivity index (χ3v) is 9.40. The number of hydrogen-bond acceptors (Lipinski definition) is 2. The van der Waals surface area contributed by atoms with Crippen LogP contribution in [-0.4, -0.2) is 21.0 Å². The van der Waals surface area contributed by atoms with E-state index in [-0.39, 0.29) is 17.2 Å². The monoisotopic (exact) mass is 318 g/mol. The van der Waals surface area contributed by atoms with Gasteiger partial charge in [0.15, 0.2) is 8.32 Å². The molecule has 0 radical (unpaired) electrons. The molecule has 1 aromatic rings. The van der Waals surface area contributed by atoms with Gasteiger partial charge < -0.3 is 9.16 Å². The SMILES string of the molecule is CC1=C[C@H](CO[Si](C)(C)C(C)(C)C)O[C@H](c2ccccc2)C1. The Morgan fingerprint density at radius 2 is 1.82 bits per heavy atom. The summed E-state index contributed by atoms with van der Waals surface area (Å²) in [5.74, 6) is 0. The second-order valence-corrected chi connectivity index (χ2v) is 12.7. The molecule has 0 spiro atoms. The van der Waals surface area contributed by atoms with E-state index in [1.54, 1.807) is 0 Å². The summed E-state index contributed by atoms with van der Waals surface area (Å²) in [6, 6.07) is 10.5. The molecule has 0 amide bonds. The zero-order valence-corrected chi connectivity index (χ0v) is 15.8. The second-order valence-electron chi connectivity index (χ2n) is 7.86. The van der Waals surface area contributed by atoms with Crippen LogP contribution in [0.4, 0.5) is 0 Å². The molecule has 0 N–H and O–H groups in total. The molecule has 0 aromatic heterocycles. The Morgan fingerprint density at radius 1 is 1.18 bits per heavy atom. The van der Waals surface area contributed by atoms with Crippen LogP contribution < -0.4 is 0 Å². The minimum absolute atomic E-state index is 0.0630. The Bertz CT molecular complexity index is 514. The Balaban J connectivity index is 2.02. The number of rotatable bonds is 4. The van der Waals surface area contributed by atoms with Crippen molar-refractivity contribution in [2.24, 2.45) is 0 Å². The molecule has 0 aliphatic carbocycles. The van der Waals surface area contributed by atoms with Crippen LogP contribution in [-0.2, 0) is 9.16 Å². The van der Waals surface area contributed by atoms with Crippen molar-refractivity contribution >= 4 is 8.32 Å². The molecule has 1 aliphatic rings. The van der Waals surface area contributed by atoms with Gasteiger partial charge in [0.25, 0.3) is 0 Å². The fraction of sp³-hybridized carbons (Fsp3) is 0.579. The van der Waals surface area contributed by atoms with Crippen molar-refractivity contribution < 1.29 is 9.16 Å². The first-order valence-corrected chi connectivity index (χ1v) is 11.1. The summed E-state index contributed by atoms with van der Waals surface area (Å²) in [4.78, 5) is 0. The molecule has 0 fully saturated rings. The van der Waals surface area contributed by atoms with Crippen LogP contribution in [0.15, 0.2) is 42.0 Å². The molecule has 0 unspecified atom stereocenters. The van der Waals surface area contributed by atoms with Gasteiger partial charge >= 0.3 is 0 Å². The number of benzene rings is 1. The Kier molecular flexibility index (Phi) is 5.31. The highest BCUT2D eigenvalue weighted by atomic mass is 28.4. The van der Waals surface area contributed by atoms with E-state index in [9.17, 15) is 0 Å². The lowest BCUT2D eigenvalue weighted by Crippen LogP contribution is -2.43. The fourth-order valence-corrected chi connectivity index (χ4v) is 3.45. The Morgan fingerprint density at radius 3 is 2.41 bits per heavy atom. The Hall–Kier alpha value is -0.903. The van der Waals surface area contributed by atoms with E-state index in [2.05, 4.69) is 71.1 Å². The van der Waals surface area contributed by atoms with Gasteiger partial charge in [0.2, 0.25) is 0 Å². The molecule has 22 heavy (non-hydrogen) atoms. The van der Waals surface area contributed by atoms with Crippen LogP contribution >= 0.6 is 0 Å². The van der Waals surface area contributed by atoms with E-state index in [0.29, 0.717) is 6.61 Å². The highest BCUT2D eigenvalue weighted by Crippen LogP contribution is 2.37. The first-order chi connectivity index (χ1) is 10.2. The predicted octanol–water partition coefficient (Wildman–Crippen LogP) is 5.48. The van der Waals surface area contributed by atoms with Crippen molar-refractivity contribution in [2.45, 2.75) is 64.5 Å². The van der Waals surface area contributed by atoms with Crippen molar-refractivity contribution in [1.29, 1.82) is 0 Å². The summed E-state index contributed by atoms with van der Waals surface area (Å²) in [5.41, 5.74) is 2.65. The molecule has 122 valence electrons. The molecule has 2 atom stereocenters. The summed E-state index contributed by atoms with van der Waals surface area (Å²) in [5, 5.41) is 0.235. The molecule has 3 heteroatoms.